The third kappa shape index (κ3) is 5.10. The van der Waals surface area contributed by atoms with E-state index in [1.807, 2.05) is 12.1 Å². The fourth-order valence-corrected chi connectivity index (χ4v) is 3.64. The molecule has 1 heterocycles. The third-order valence-corrected chi connectivity index (χ3v) is 5.37. The zero-order chi connectivity index (χ0) is 19.4. The van der Waals surface area contributed by atoms with Crippen molar-refractivity contribution in [3.63, 3.8) is 0 Å². The summed E-state index contributed by atoms with van der Waals surface area (Å²) < 4.78 is 0. The standard InChI is InChI=1S/C23H31N3O/c1-18-7-5-6-8-21(18)26-15-13-25(14-16-26)17-22(27)24-20-11-9-19(10-12-20)23(2,3)4/h5-12H,13-17H2,1-4H3,(H,24,27)/p+1. The summed E-state index contributed by atoms with van der Waals surface area (Å²) in [5.41, 5.74) is 4.92. The maximum atomic E-state index is 12.4. The first-order valence-electron chi connectivity index (χ1n) is 9.87. The van der Waals surface area contributed by atoms with Crippen LogP contribution in [-0.2, 0) is 10.2 Å². The summed E-state index contributed by atoms with van der Waals surface area (Å²) in [6.45, 7) is 13.2. The molecule has 0 saturated carbocycles. The van der Waals surface area contributed by atoms with E-state index in [4.69, 9.17) is 0 Å². The Morgan fingerprint density at radius 2 is 1.67 bits per heavy atom. The second-order valence-corrected chi connectivity index (χ2v) is 8.58. The van der Waals surface area contributed by atoms with Crippen LogP contribution in [-0.4, -0.2) is 38.6 Å². The Balaban J connectivity index is 1.49. The lowest BCUT2D eigenvalue weighted by molar-refractivity contribution is -0.892. The van der Waals surface area contributed by atoms with Crippen LogP contribution in [0.1, 0.15) is 31.9 Å². The van der Waals surface area contributed by atoms with Gasteiger partial charge in [0.25, 0.3) is 5.91 Å². The molecule has 0 atom stereocenters. The van der Waals surface area contributed by atoms with E-state index in [0.717, 1.165) is 31.9 Å². The van der Waals surface area contributed by atoms with E-state index in [0.29, 0.717) is 6.54 Å². The number of nitrogens with zero attached hydrogens (tertiary/aromatic N) is 1. The summed E-state index contributed by atoms with van der Waals surface area (Å²) in [5, 5.41) is 3.05. The molecular formula is C23H32N3O+. The summed E-state index contributed by atoms with van der Waals surface area (Å²) >= 11 is 0. The van der Waals surface area contributed by atoms with Gasteiger partial charge in [-0.2, -0.15) is 0 Å². The predicted molar refractivity (Wildman–Crippen MR) is 113 cm³/mol. The minimum Gasteiger partial charge on any atom is -0.360 e. The SMILES string of the molecule is Cc1ccccc1N1CC[NH+](CC(=O)Nc2ccc(C(C)(C)C)cc2)CC1. The molecule has 0 aromatic heterocycles. The Morgan fingerprint density at radius 3 is 2.26 bits per heavy atom. The van der Waals surface area contributed by atoms with Crippen molar-refractivity contribution >= 4 is 17.3 Å². The average molecular weight is 367 g/mol. The Bertz CT molecular complexity index is 769. The molecule has 4 nitrogen and oxygen atoms in total. The van der Waals surface area contributed by atoms with E-state index < -0.39 is 0 Å². The van der Waals surface area contributed by atoms with E-state index in [1.165, 1.54) is 21.7 Å². The molecule has 2 N–H and O–H groups in total. The fraction of sp³-hybridized carbons (Fsp3) is 0.435. The number of benzene rings is 2. The van der Waals surface area contributed by atoms with Crippen molar-refractivity contribution in [2.24, 2.45) is 0 Å². The van der Waals surface area contributed by atoms with Crippen LogP contribution in [0.25, 0.3) is 0 Å². The molecule has 3 rings (SSSR count). The number of para-hydroxylation sites is 1. The maximum absolute atomic E-state index is 12.4. The van der Waals surface area contributed by atoms with Gasteiger partial charge in [0.1, 0.15) is 0 Å². The highest BCUT2D eigenvalue weighted by Crippen LogP contribution is 2.23. The van der Waals surface area contributed by atoms with Gasteiger partial charge in [-0.3, -0.25) is 4.79 Å². The summed E-state index contributed by atoms with van der Waals surface area (Å²) in [6, 6.07) is 16.7. The Labute approximate surface area is 163 Å². The number of nitrogens with one attached hydrogen (secondary N) is 2. The second-order valence-electron chi connectivity index (χ2n) is 8.58. The van der Waals surface area contributed by atoms with E-state index in [2.05, 4.69) is 74.3 Å². The Hall–Kier alpha value is -2.33. The topological polar surface area (TPSA) is 36.8 Å². The largest absolute Gasteiger partial charge is 0.360 e. The molecule has 4 heteroatoms. The number of carbonyl (C=O) groups excluding carboxylic acids is 1. The van der Waals surface area contributed by atoms with Gasteiger partial charge in [-0.1, -0.05) is 51.1 Å². The maximum Gasteiger partial charge on any atom is 0.279 e. The van der Waals surface area contributed by atoms with Crippen molar-refractivity contribution in [1.82, 2.24) is 0 Å². The van der Waals surface area contributed by atoms with Crippen molar-refractivity contribution in [3.05, 3.63) is 59.7 Å². The molecule has 1 saturated heterocycles. The molecule has 27 heavy (non-hydrogen) atoms. The summed E-state index contributed by atoms with van der Waals surface area (Å²) in [4.78, 5) is 16.2. The number of amides is 1. The zero-order valence-electron chi connectivity index (χ0n) is 17.0. The van der Waals surface area contributed by atoms with Crippen LogP contribution >= 0.6 is 0 Å². The molecular weight excluding hydrogens is 334 g/mol. The number of hydrogen-bond acceptors (Lipinski definition) is 2. The second kappa shape index (κ2) is 8.13. The van der Waals surface area contributed by atoms with Crippen LogP contribution in [0, 0.1) is 6.92 Å². The number of piperazine rings is 1. The highest BCUT2D eigenvalue weighted by atomic mass is 16.2. The monoisotopic (exact) mass is 366 g/mol. The molecule has 0 aliphatic carbocycles. The molecule has 1 fully saturated rings. The first kappa shape index (κ1) is 19.4. The highest BCUT2D eigenvalue weighted by Gasteiger charge is 2.23. The van der Waals surface area contributed by atoms with Crippen LogP contribution < -0.4 is 15.1 Å². The molecule has 0 radical (unpaired) electrons. The molecule has 0 unspecified atom stereocenters. The highest BCUT2D eigenvalue weighted by molar-refractivity contribution is 5.91. The number of hydrogen-bond donors (Lipinski definition) is 2. The van der Waals surface area contributed by atoms with Gasteiger partial charge >= 0.3 is 0 Å². The third-order valence-electron chi connectivity index (χ3n) is 5.37. The molecule has 1 amide bonds. The minimum absolute atomic E-state index is 0.0952. The predicted octanol–water partition coefficient (Wildman–Crippen LogP) is 2.64. The first-order valence-corrected chi connectivity index (χ1v) is 9.87. The van der Waals surface area contributed by atoms with Gasteiger partial charge < -0.3 is 15.1 Å². The number of quaternary nitrogens is 1. The van der Waals surface area contributed by atoms with Gasteiger partial charge in [0.15, 0.2) is 6.54 Å². The van der Waals surface area contributed by atoms with Gasteiger partial charge in [0, 0.05) is 11.4 Å². The van der Waals surface area contributed by atoms with Gasteiger partial charge in [-0.15, -0.1) is 0 Å². The number of rotatable bonds is 4. The summed E-state index contributed by atoms with van der Waals surface area (Å²) in [5.74, 6) is 0.0952. The molecule has 1 aliphatic rings. The Morgan fingerprint density at radius 1 is 1.04 bits per heavy atom. The summed E-state index contributed by atoms with van der Waals surface area (Å²) in [7, 11) is 0. The van der Waals surface area contributed by atoms with Gasteiger partial charge in [0.05, 0.1) is 26.2 Å². The average Bonchev–Trinajstić information content (AvgIpc) is 2.62. The summed E-state index contributed by atoms with van der Waals surface area (Å²) in [6.07, 6.45) is 0. The van der Waals surface area contributed by atoms with Crippen molar-refractivity contribution < 1.29 is 9.69 Å². The Kier molecular flexibility index (Phi) is 5.85. The molecule has 1 aliphatic heterocycles. The lowest BCUT2D eigenvalue weighted by atomic mass is 9.87. The van der Waals surface area contributed by atoms with E-state index in [9.17, 15) is 4.79 Å². The molecule has 144 valence electrons. The lowest BCUT2D eigenvalue weighted by Crippen LogP contribution is -3.15. The van der Waals surface area contributed by atoms with Crippen LogP contribution in [0.3, 0.4) is 0 Å². The molecule has 2 aromatic carbocycles. The van der Waals surface area contributed by atoms with E-state index >= 15 is 0 Å². The van der Waals surface area contributed by atoms with E-state index in [1.54, 1.807) is 0 Å². The lowest BCUT2D eigenvalue weighted by Gasteiger charge is -2.34. The molecule has 2 aromatic rings. The van der Waals surface area contributed by atoms with Crippen LogP contribution in [0.4, 0.5) is 11.4 Å². The van der Waals surface area contributed by atoms with Crippen molar-refractivity contribution in [1.29, 1.82) is 0 Å². The van der Waals surface area contributed by atoms with E-state index in [-0.39, 0.29) is 11.3 Å². The smallest absolute Gasteiger partial charge is 0.279 e. The molecule has 0 bridgehead atoms. The quantitative estimate of drug-likeness (QED) is 0.873. The van der Waals surface area contributed by atoms with Crippen molar-refractivity contribution in [3.8, 4) is 0 Å². The van der Waals surface area contributed by atoms with Gasteiger partial charge in [-0.25, -0.2) is 0 Å². The fourth-order valence-electron chi connectivity index (χ4n) is 3.64. The van der Waals surface area contributed by atoms with Crippen LogP contribution in [0.15, 0.2) is 48.5 Å². The zero-order valence-corrected chi connectivity index (χ0v) is 17.0. The number of anilines is 2. The number of aryl methyl sites for hydroxylation is 1. The van der Waals surface area contributed by atoms with Crippen molar-refractivity contribution in [2.75, 3.05) is 42.9 Å². The molecule has 0 spiro atoms. The van der Waals surface area contributed by atoms with Crippen molar-refractivity contribution in [2.45, 2.75) is 33.1 Å². The van der Waals surface area contributed by atoms with Crippen LogP contribution in [0.5, 0.6) is 0 Å². The first-order chi connectivity index (χ1) is 12.8. The van der Waals surface area contributed by atoms with Gasteiger partial charge in [0.2, 0.25) is 0 Å². The van der Waals surface area contributed by atoms with Crippen LogP contribution in [0.2, 0.25) is 0 Å². The minimum atomic E-state index is 0.0952. The number of carbonyl (C=O) groups is 1. The van der Waals surface area contributed by atoms with Gasteiger partial charge in [-0.05, 0) is 41.7 Å². The normalized spacial score (nSPS) is 15.6.